The molecule has 0 fully saturated rings. The molecule has 0 heterocycles. The van der Waals surface area contributed by atoms with E-state index >= 15 is 0 Å². The van der Waals surface area contributed by atoms with Gasteiger partial charge in [0.1, 0.15) is 5.75 Å². The Bertz CT molecular complexity index is 611. The molecule has 0 aliphatic rings. The molecular formula is C17H18F3NO. The lowest BCUT2D eigenvalue weighted by molar-refractivity contribution is -0.137. The van der Waals surface area contributed by atoms with Crippen molar-refractivity contribution in [2.45, 2.75) is 26.1 Å². The molecule has 5 heteroatoms. The summed E-state index contributed by atoms with van der Waals surface area (Å²) in [5.74, 6) is 0.754. The summed E-state index contributed by atoms with van der Waals surface area (Å²) in [6.07, 6.45) is -3.44. The number of hydrogen-bond acceptors (Lipinski definition) is 2. The molecule has 0 aliphatic heterocycles. The second-order valence-electron chi connectivity index (χ2n) is 4.89. The van der Waals surface area contributed by atoms with Crippen LogP contribution in [0.1, 0.15) is 24.5 Å². The van der Waals surface area contributed by atoms with Crippen molar-refractivity contribution in [2.24, 2.45) is 0 Å². The fraction of sp³-hybridized carbons (Fsp3) is 0.294. The molecule has 0 spiro atoms. The van der Waals surface area contributed by atoms with Crippen molar-refractivity contribution in [3.05, 3.63) is 59.7 Å². The first kappa shape index (κ1) is 16.2. The summed E-state index contributed by atoms with van der Waals surface area (Å²) < 4.78 is 43.7. The van der Waals surface area contributed by atoms with Crippen molar-refractivity contribution < 1.29 is 17.9 Å². The summed E-state index contributed by atoms with van der Waals surface area (Å²) >= 11 is 0. The van der Waals surface area contributed by atoms with Gasteiger partial charge in [-0.15, -0.1) is 0 Å². The van der Waals surface area contributed by atoms with Crippen molar-refractivity contribution in [1.29, 1.82) is 0 Å². The highest BCUT2D eigenvalue weighted by Crippen LogP contribution is 2.31. The molecule has 2 rings (SSSR count). The number of ether oxygens (including phenoxy) is 1. The molecule has 2 nitrogen and oxygen atoms in total. The van der Waals surface area contributed by atoms with Crippen LogP contribution in [0.4, 0.5) is 18.9 Å². The second-order valence-corrected chi connectivity index (χ2v) is 4.89. The Morgan fingerprint density at radius 1 is 1.05 bits per heavy atom. The Kier molecular flexibility index (Phi) is 5.31. The Morgan fingerprint density at radius 3 is 2.55 bits per heavy atom. The van der Waals surface area contributed by atoms with E-state index in [1.807, 2.05) is 31.2 Å². The van der Waals surface area contributed by atoms with Gasteiger partial charge in [0, 0.05) is 17.8 Å². The predicted molar refractivity (Wildman–Crippen MR) is 81.0 cm³/mol. The van der Waals surface area contributed by atoms with Crippen LogP contribution in [0.15, 0.2) is 48.5 Å². The maximum absolute atomic E-state index is 12.7. The monoisotopic (exact) mass is 309 g/mol. The van der Waals surface area contributed by atoms with Gasteiger partial charge in [0.15, 0.2) is 0 Å². The van der Waals surface area contributed by atoms with Gasteiger partial charge in [-0.2, -0.15) is 13.2 Å². The molecule has 118 valence electrons. The summed E-state index contributed by atoms with van der Waals surface area (Å²) in [5.41, 5.74) is 0.682. The summed E-state index contributed by atoms with van der Waals surface area (Å²) in [6.45, 7) is 3.03. The molecule has 2 aromatic rings. The zero-order chi connectivity index (χ0) is 16.0. The van der Waals surface area contributed by atoms with E-state index in [0.717, 1.165) is 29.9 Å². The smallest absolute Gasteiger partial charge is 0.416 e. The van der Waals surface area contributed by atoms with Crippen molar-refractivity contribution in [2.75, 3.05) is 11.9 Å². The number of anilines is 1. The predicted octanol–water partition coefficient (Wildman–Crippen LogP) is 5.11. The van der Waals surface area contributed by atoms with Gasteiger partial charge in [-0.25, -0.2) is 0 Å². The van der Waals surface area contributed by atoms with Crippen LogP contribution in [0.2, 0.25) is 0 Å². The molecule has 0 aromatic heterocycles. The maximum Gasteiger partial charge on any atom is 0.416 e. The van der Waals surface area contributed by atoms with E-state index in [-0.39, 0.29) is 0 Å². The Hall–Kier alpha value is -2.17. The number of halogens is 3. The summed E-state index contributed by atoms with van der Waals surface area (Å²) in [6, 6.07) is 12.7. The molecule has 0 saturated heterocycles. The quantitative estimate of drug-likeness (QED) is 0.801. The summed E-state index contributed by atoms with van der Waals surface area (Å²) in [7, 11) is 0. The van der Waals surface area contributed by atoms with Crippen LogP contribution in [0.5, 0.6) is 5.75 Å². The van der Waals surface area contributed by atoms with Crippen LogP contribution in [-0.2, 0) is 12.7 Å². The minimum atomic E-state index is -4.33. The fourth-order valence-corrected chi connectivity index (χ4v) is 2.01. The lowest BCUT2D eigenvalue weighted by Gasteiger charge is -2.13. The Morgan fingerprint density at radius 2 is 1.82 bits per heavy atom. The van der Waals surface area contributed by atoms with Crippen LogP contribution in [0, 0.1) is 0 Å². The minimum Gasteiger partial charge on any atom is -0.493 e. The molecule has 0 saturated carbocycles. The van der Waals surface area contributed by atoms with Gasteiger partial charge in [-0.3, -0.25) is 0 Å². The van der Waals surface area contributed by atoms with Gasteiger partial charge >= 0.3 is 6.18 Å². The average molecular weight is 309 g/mol. The molecule has 2 aromatic carbocycles. The zero-order valence-electron chi connectivity index (χ0n) is 12.3. The average Bonchev–Trinajstić information content (AvgIpc) is 2.51. The maximum atomic E-state index is 12.7. The molecule has 22 heavy (non-hydrogen) atoms. The molecule has 0 atom stereocenters. The molecule has 0 radical (unpaired) electrons. The third kappa shape index (κ3) is 4.41. The zero-order valence-corrected chi connectivity index (χ0v) is 12.3. The van der Waals surface area contributed by atoms with Gasteiger partial charge in [0.25, 0.3) is 0 Å². The lowest BCUT2D eigenvalue weighted by Crippen LogP contribution is -2.07. The van der Waals surface area contributed by atoms with E-state index in [1.165, 1.54) is 6.07 Å². The topological polar surface area (TPSA) is 21.3 Å². The van der Waals surface area contributed by atoms with Crippen molar-refractivity contribution in [3.8, 4) is 5.75 Å². The highest BCUT2D eigenvalue weighted by Gasteiger charge is 2.30. The first-order valence-corrected chi connectivity index (χ1v) is 7.12. The first-order valence-electron chi connectivity index (χ1n) is 7.12. The van der Waals surface area contributed by atoms with Crippen LogP contribution < -0.4 is 10.1 Å². The van der Waals surface area contributed by atoms with Crippen LogP contribution in [0.3, 0.4) is 0 Å². The van der Waals surface area contributed by atoms with E-state index in [0.29, 0.717) is 18.8 Å². The van der Waals surface area contributed by atoms with Crippen LogP contribution in [0.25, 0.3) is 0 Å². The van der Waals surface area contributed by atoms with Gasteiger partial charge in [0.05, 0.1) is 12.2 Å². The van der Waals surface area contributed by atoms with Crippen molar-refractivity contribution >= 4 is 5.69 Å². The number of alkyl halides is 3. The third-order valence-corrected chi connectivity index (χ3v) is 3.11. The summed E-state index contributed by atoms with van der Waals surface area (Å²) in [4.78, 5) is 0. The number of nitrogens with one attached hydrogen (secondary N) is 1. The minimum absolute atomic E-state index is 0.404. The highest BCUT2D eigenvalue weighted by molar-refractivity contribution is 5.48. The molecular weight excluding hydrogens is 291 g/mol. The number of benzene rings is 2. The van der Waals surface area contributed by atoms with Crippen molar-refractivity contribution in [1.82, 2.24) is 0 Å². The standard InChI is InChI=1S/C17H18F3NO/c1-2-10-22-16-9-4-3-6-13(16)12-21-15-8-5-7-14(11-15)17(18,19)20/h3-9,11,21H,2,10,12H2,1H3. The largest absolute Gasteiger partial charge is 0.493 e. The third-order valence-electron chi connectivity index (χ3n) is 3.11. The van der Waals surface area contributed by atoms with Crippen molar-refractivity contribution in [3.63, 3.8) is 0 Å². The van der Waals surface area contributed by atoms with E-state index in [2.05, 4.69) is 5.32 Å². The SMILES string of the molecule is CCCOc1ccccc1CNc1cccc(C(F)(F)F)c1. The second kappa shape index (κ2) is 7.20. The van der Waals surface area contributed by atoms with Gasteiger partial charge < -0.3 is 10.1 Å². The number of hydrogen-bond donors (Lipinski definition) is 1. The molecule has 0 amide bonds. The highest BCUT2D eigenvalue weighted by atomic mass is 19.4. The van der Waals surface area contributed by atoms with Crippen LogP contribution >= 0.6 is 0 Å². The van der Waals surface area contributed by atoms with E-state index < -0.39 is 11.7 Å². The molecule has 0 aliphatic carbocycles. The lowest BCUT2D eigenvalue weighted by atomic mass is 10.1. The van der Waals surface area contributed by atoms with E-state index in [4.69, 9.17) is 4.74 Å². The number of para-hydroxylation sites is 1. The Balaban J connectivity index is 2.07. The Labute approximate surface area is 127 Å². The molecule has 0 unspecified atom stereocenters. The first-order chi connectivity index (χ1) is 10.5. The number of rotatable bonds is 6. The van der Waals surface area contributed by atoms with E-state index in [1.54, 1.807) is 6.07 Å². The molecule has 0 bridgehead atoms. The van der Waals surface area contributed by atoms with Gasteiger partial charge in [-0.1, -0.05) is 31.2 Å². The van der Waals surface area contributed by atoms with Gasteiger partial charge in [0.2, 0.25) is 0 Å². The van der Waals surface area contributed by atoms with Crippen LogP contribution in [-0.4, -0.2) is 6.61 Å². The van der Waals surface area contributed by atoms with Gasteiger partial charge in [-0.05, 0) is 30.7 Å². The fourth-order valence-electron chi connectivity index (χ4n) is 2.01. The normalized spacial score (nSPS) is 11.3. The summed E-state index contributed by atoms with van der Waals surface area (Å²) in [5, 5.41) is 3.01. The van der Waals surface area contributed by atoms with E-state index in [9.17, 15) is 13.2 Å². The molecule has 1 N–H and O–H groups in total.